The molecule has 0 saturated heterocycles. The summed E-state index contributed by atoms with van der Waals surface area (Å²) >= 11 is 0. The normalized spacial score (nSPS) is 11.3. The lowest BCUT2D eigenvalue weighted by atomic mass is 10.0. The highest BCUT2D eigenvalue weighted by atomic mass is 35.5. The quantitative estimate of drug-likeness (QED) is 0.673. The van der Waals surface area contributed by atoms with E-state index in [1.807, 2.05) is 30.3 Å². The number of hydrogen-bond donors (Lipinski definition) is 2. The lowest BCUT2D eigenvalue weighted by molar-refractivity contribution is -0.126. The summed E-state index contributed by atoms with van der Waals surface area (Å²) in [6, 6.07) is 9.79. The zero-order chi connectivity index (χ0) is 14.8. The van der Waals surface area contributed by atoms with Crippen LogP contribution in [0.15, 0.2) is 30.3 Å². The predicted octanol–water partition coefficient (Wildman–Crippen LogP) is 2.64. The smallest absolute Gasteiger partial charge is 0.242 e. The minimum Gasteiger partial charge on any atom is -0.353 e. The maximum atomic E-state index is 12.5. The molecule has 6 heteroatoms. The Morgan fingerprint density at radius 3 is 2.14 bits per heavy atom. The molecule has 0 saturated carbocycles. The molecule has 0 aliphatic carbocycles. The number of nitrogens with one attached hydrogen (secondary N) is 2. The number of rotatable bonds is 9. The topological polar surface area (TPSA) is 44.4 Å². The van der Waals surface area contributed by atoms with E-state index in [1.54, 1.807) is 0 Å². The first-order valence-electron chi connectivity index (χ1n) is 7.51. The first-order chi connectivity index (χ1) is 9.74. The van der Waals surface area contributed by atoms with Crippen LogP contribution in [0.2, 0.25) is 0 Å². The Balaban J connectivity index is 0. The highest BCUT2D eigenvalue weighted by Gasteiger charge is 2.25. The lowest BCUT2D eigenvalue weighted by Crippen LogP contribution is -2.42. The highest BCUT2D eigenvalue weighted by Crippen LogP contribution is 2.20. The van der Waals surface area contributed by atoms with Crippen molar-refractivity contribution in [1.82, 2.24) is 15.5 Å². The van der Waals surface area contributed by atoms with E-state index in [1.165, 1.54) is 0 Å². The minimum atomic E-state index is -0.201. The third-order valence-electron chi connectivity index (χ3n) is 3.39. The Labute approximate surface area is 146 Å². The molecule has 1 unspecified atom stereocenters. The number of benzene rings is 1. The number of likely N-dealkylation sites (N-methyl/N-ethyl adjacent to an activating group) is 2. The Kier molecular flexibility index (Phi) is 14.7. The van der Waals surface area contributed by atoms with Crippen LogP contribution in [-0.4, -0.2) is 43.5 Å². The van der Waals surface area contributed by atoms with Crippen LogP contribution in [0.1, 0.15) is 32.4 Å². The first kappa shape index (κ1) is 23.5. The zero-order valence-corrected chi connectivity index (χ0v) is 15.3. The monoisotopic (exact) mass is 349 g/mol. The highest BCUT2D eigenvalue weighted by molar-refractivity contribution is 5.85. The Hall–Kier alpha value is -0.810. The standard InChI is InChI=1S/C16H27N3O.2ClH/c1-4-17-12-13-18-16(20)15(19(5-2)6-3)14-10-8-7-9-11-14;;/h7-11,15,17H,4-6,12-13H2,1-3H3,(H,18,20);2*1H. The van der Waals surface area contributed by atoms with Crippen LogP contribution in [-0.2, 0) is 4.79 Å². The van der Waals surface area contributed by atoms with Gasteiger partial charge < -0.3 is 10.6 Å². The predicted molar refractivity (Wildman–Crippen MR) is 98.2 cm³/mol. The van der Waals surface area contributed by atoms with Crippen LogP contribution in [0, 0.1) is 0 Å². The molecule has 0 aliphatic rings. The Morgan fingerprint density at radius 1 is 1.05 bits per heavy atom. The van der Waals surface area contributed by atoms with Crippen molar-refractivity contribution in [2.24, 2.45) is 0 Å². The molecular formula is C16H29Cl2N3O. The van der Waals surface area contributed by atoms with E-state index < -0.39 is 0 Å². The molecule has 0 aliphatic heterocycles. The molecule has 0 spiro atoms. The van der Waals surface area contributed by atoms with Gasteiger partial charge in [0.2, 0.25) is 5.91 Å². The number of carbonyl (C=O) groups is 1. The molecule has 2 N–H and O–H groups in total. The van der Waals surface area contributed by atoms with Crippen LogP contribution >= 0.6 is 24.8 Å². The van der Waals surface area contributed by atoms with Gasteiger partial charge in [0.05, 0.1) is 0 Å². The number of hydrogen-bond acceptors (Lipinski definition) is 3. The maximum Gasteiger partial charge on any atom is 0.242 e. The van der Waals surface area contributed by atoms with Gasteiger partial charge in [-0.1, -0.05) is 51.1 Å². The third-order valence-corrected chi connectivity index (χ3v) is 3.39. The largest absolute Gasteiger partial charge is 0.353 e. The number of halogens is 2. The second-order valence-electron chi connectivity index (χ2n) is 4.68. The summed E-state index contributed by atoms with van der Waals surface area (Å²) in [6.07, 6.45) is 0. The summed E-state index contributed by atoms with van der Waals surface area (Å²) in [6.45, 7) is 10.3. The fourth-order valence-electron chi connectivity index (χ4n) is 2.30. The van der Waals surface area contributed by atoms with Crippen LogP contribution in [0.5, 0.6) is 0 Å². The fraction of sp³-hybridized carbons (Fsp3) is 0.562. The average molecular weight is 350 g/mol. The van der Waals surface area contributed by atoms with Gasteiger partial charge in [-0.3, -0.25) is 9.69 Å². The molecule has 4 nitrogen and oxygen atoms in total. The van der Waals surface area contributed by atoms with Gasteiger partial charge in [-0.25, -0.2) is 0 Å². The molecule has 0 radical (unpaired) electrons. The van der Waals surface area contributed by atoms with Crippen LogP contribution in [0.3, 0.4) is 0 Å². The van der Waals surface area contributed by atoms with Crippen molar-refractivity contribution in [3.05, 3.63) is 35.9 Å². The summed E-state index contributed by atoms with van der Waals surface area (Å²) in [5, 5.41) is 6.23. The van der Waals surface area contributed by atoms with Gasteiger partial charge in [-0.05, 0) is 25.2 Å². The molecule has 0 heterocycles. The molecule has 128 valence electrons. The maximum absolute atomic E-state index is 12.5. The SMILES string of the molecule is CCNCCNC(=O)C(c1ccccc1)N(CC)CC.Cl.Cl. The molecule has 1 rings (SSSR count). The van der Waals surface area contributed by atoms with E-state index in [0.717, 1.165) is 31.7 Å². The molecule has 0 aromatic heterocycles. The summed E-state index contributed by atoms with van der Waals surface area (Å²) < 4.78 is 0. The van der Waals surface area contributed by atoms with Crippen molar-refractivity contribution in [2.45, 2.75) is 26.8 Å². The van der Waals surface area contributed by atoms with Gasteiger partial charge in [-0.2, -0.15) is 0 Å². The Bertz CT molecular complexity index is 386. The summed E-state index contributed by atoms with van der Waals surface area (Å²) in [4.78, 5) is 14.7. The number of nitrogens with zero attached hydrogens (tertiary/aromatic N) is 1. The first-order valence-corrected chi connectivity index (χ1v) is 7.51. The van der Waals surface area contributed by atoms with Crippen LogP contribution < -0.4 is 10.6 Å². The molecule has 1 amide bonds. The van der Waals surface area contributed by atoms with Gasteiger partial charge in [-0.15, -0.1) is 24.8 Å². The Morgan fingerprint density at radius 2 is 1.64 bits per heavy atom. The molecule has 0 bridgehead atoms. The van der Waals surface area contributed by atoms with Gasteiger partial charge in [0.1, 0.15) is 6.04 Å². The van der Waals surface area contributed by atoms with Crippen molar-refractivity contribution >= 4 is 30.7 Å². The number of carbonyl (C=O) groups excluding carboxylic acids is 1. The van der Waals surface area contributed by atoms with Crippen molar-refractivity contribution in [3.63, 3.8) is 0 Å². The molecule has 1 aromatic carbocycles. The van der Waals surface area contributed by atoms with E-state index in [4.69, 9.17) is 0 Å². The van der Waals surface area contributed by atoms with E-state index in [2.05, 4.69) is 36.3 Å². The molecule has 0 fully saturated rings. The van der Waals surface area contributed by atoms with Crippen LogP contribution in [0.25, 0.3) is 0 Å². The zero-order valence-electron chi connectivity index (χ0n) is 13.7. The lowest BCUT2D eigenvalue weighted by Gasteiger charge is -2.29. The number of amides is 1. The minimum absolute atomic E-state index is 0. The second kappa shape index (κ2) is 13.8. The van der Waals surface area contributed by atoms with Gasteiger partial charge in [0, 0.05) is 13.1 Å². The van der Waals surface area contributed by atoms with Crippen molar-refractivity contribution in [3.8, 4) is 0 Å². The van der Waals surface area contributed by atoms with Crippen LogP contribution in [0.4, 0.5) is 0 Å². The summed E-state index contributed by atoms with van der Waals surface area (Å²) in [5.41, 5.74) is 1.05. The summed E-state index contributed by atoms with van der Waals surface area (Å²) in [5.74, 6) is 0.0813. The van der Waals surface area contributed by atoms with Gasteiger partial charge >= 0.3 is 0 Å². The summed E-state index contributed by atoms with van der Waals surface area (Å²) in [7, 11) is 0. The molecular weight excluding hydrogens is 321 g/mol. The second-order valence-corrected chi connectivity index (χ2v) is 4.68. The van der Waals surface area contributed by atoms with Crippen molar-refractivity contribution < 1.29 is 4.79 Å². The molecule has 1 atom stereocenters. The molecule has 22 heavy (non-hydrogen) atoms. The van der Waals surface area contributed by atoms with Crippen molar-refractivity contribution in [2.75, 3.05) is 32.7 Å². The van der Waals surface area contributed by atoms with Gasteiger partial charge in [0.15, 0.2) is 0 Å². The van der Waals surface area contributed by atoms with Crippen molar-refractivity contribution in [1.29, 1.82) is 0 Å². The third kappa shape index (κ3) is 7.45. The van der Waals surface area contributed by atoms with E-state index in [-0.39, 0.29) is 36.8 Å². The van der Waals surface area contributed by atoms with E-state index in [9.17, 15) is 4.79 Å². The molecule has 1 aromatic rings. The van der Waals surface area contributed by atoms with Gasteiger partial charge in [0.25, 0.3) is 0 Å². The average Bonchev–Trinajstić information content (AvgIpc) is 2.49. The van der Waals surface area contributed by atoms with E-state index >= 15 is 0 Å². The fourth-order valence-corrected chi connectivity index (χ4v) is 2.30. The van der Waals surface area contributed by atoms with E-state index in [0.29, 0.717) is 6.54 Å².